The second kappa shape index (κ2) is 7.28. The van der Waals surface area contributed by atoms with E-state index in [9.17, 15) is 22.4 Å². The zero-order valence-electron chi connectivity index (χ0n) is 11.8. The van der Waals surface area contributed by atoms with Crippen LogP contribution in [-0.4, -0.2) is 25.0 Å². The molecular formula is C14H17ClF4N2O. The Labute approximate surface area is 131 Å². The van der Waals surface area contributed by atoms with Crippen LogP contribution in [0.5, 0.6) is 0 Å². The summed E-state index contributed by atoms with van der Waals surface area (Å²) < 4.78 is 51.2. The predicted octanol–water partition coefficient (Wildman–Crippen LogP) is 2.99. The quantitative estimate of drug-likeness (QED) is 0.813. The maximum absolute atomic E-state index is 13.3. The van der Waals surface area contributed by atoms with Crippen molar-refractivity contribution in [3.05, 3.63) is 35.1 Å². The number of nitrogens with one attached hydrogen (secondary N) is 2. The molecule has 1 aliphatic rings. The fraction of sp³-hybridized carbons (Fsp3) is 0.500. The molecular weight excluding hydrogens is 324 g/mol. The monoisotopic (exact) mass is 340 g/mol. The number of hydrogen-bond acceptors (Lipinski definition) is 2. The van der Waals surface area contributed by atoms with Gasteiger partial charge in [-0.15, -0.1) is 12.4 Å². The third kappa shape index (κ3) is 4.58. The predicted molar refractivity (Wildman–Crippen MR) is 76.6 cm³/mol. The van der Waals surface area contributed by atoms with Gasteiger partial charge in [-0.3, -0.25) is 4.79 Å². The van der Waals surface area contributed by atoms with Crippen molar-refractivity contribution in [2.75, 3.05) is 13.1 Å². The van der Waals surface area contributed by atoms with Crippen molar-refractivity contribution in [1.29, 1.82) is 0 Å². The zero-order valence-corrected chi connectivity index (χ0v) is 12.7. The fourth-order valence-corrected chi connectivity index (χ4v) is 2.36. The fourth-order valence-electron chi connectivity index (χ4n) is 2.36. The molecule has 0 saturated carbocycles. The smallest absolute Gasteiger partial charge is 0.349 e. The molecule has 124 valence electrons. The molecule has 1 aromatic carbocycles. The Morgan fingerprint density at radius 3 is 2.59 bits per heavy atom. The van der Waals surface area contributed by atoms with E-state index in [1.165, 1.54) is 0 Å². The van der Waals surface area contributed by atoms with E-state index in [4.69, 9.17) is 0 Å². The zero-order chi connectivity index (χ0) is 15.6. The lowest BCUT2D eigenvalue weighted by molar-refractivity contribution is -0.137. The normalized spacial score (nSPS) is 21.9. The first-order valence-corrected chi connectivity index (χ1v) is 6.67. The molecule has 0 aromatic heterocycles. The third-order valence-corrected chi connectivity index (χ3v) is 3.59. The summed E-state index contributed by atoms with van der Waals surface area (Å²) in [5, 5.41) is 5.83. The lowest BCUT2D eigenvalue weighted by atomic mass is 9.95. The van der Waals surface area contributed by atoms with Crippen LogP contribution < -0.4 is 10.6 Å². The molecule has 3 nitrogen and oxygen atoms in total. The van der Waals surface area contributed by atoms with Gasteiger partial charge in [0.15, 0.2) is 0 Å². The summed E-state index contributed by atoms with van der Waals surface area (Å²) >= 11 is 0. The van der Waals surface area contributed by atoms with Gasteiger partial charge in [0.2, 0.25) is 0 Å². The number of alkyl halides is 3. The molecule has 1 saturated heterocycles. The minimum Gasteiger partial charge on any atom is -0.349 e. The summed E-state index contributed by atoms with van der Waals surface area (Å²) in [7, 11) is 0. The van der Waals surface area contributed by atoms with Crippen molar-refractivity contribution >= 4 is 18.3 Å². The molecule has 0 radical (unpaired) electrons. The van der Waals surface area contributed by atoms with Crippen LogP contribution in [-0.2, 0) is 6.18 Å². The van der Waals surface area contributed by atoms with Gasteiger partial charge in [0, 0.05) is 11.6 Å². The lowest BCUT2D eigenvalue weighted by Crippen LogP contribution is -2.48. The van der Waals surface area contributed by atoms with Crippen molar-refractivity contribution < 1.29 is 22.4 Å². The summed E-state index contributed by atoms with van der Waals surface area (Å²) in [6.07, 6.45) is -3.99. The van der Waals surface area contributed by atoms with Gasteiger partial charge in [-0.1, -0.05) is 6.92 Å². The first-order chi connectivity index (χ1) is 9.77. The van der Waals surface area contributed by atoms with E-state index in [1.807, 2.05) is 6.92 Å². The van der Waals surface area contributed by atoms with Crippen LogP contribution in [0.4, 0.5) is 17.6 Å². The number of amides is 1. The van der Waals surface area contributed by atoms with Crippen molar-refractivity contribution in [3.63, 3.8) is 0 Å². The number of hydrogen-bond donors (Lipinski definition) is 2. The highest BCUT2D eigenvalue weighted by atomic mass is 35.5. The molecule has 1 heterocycles. The molecule has 8 heteroatoms. The Morgan fingerprint density at radius 2 is 2.00 bits per heavy atom. The summed E-state index contributed by atoms with van der Waals surface area (Å²) in [5.41, 5.74) is -1.47. The Kier molecular flexibility index (Phi) is 6.19. The van der Waals surface area contributed by atoms with Crippen LogP contribution in [0.1, 0.15) is 29.3 Å². The van der Waals surface area contributed by atoms with Gasteiger partial charge in [0.25, 0.3) is 5.91 Å². The van der Waals surface area contributed by atoms with Gasteiger partial charge in [-0.2, -0.15) is 13.2 Å². The molecule has 1 amide bonds. The van der Waals surface area contributed by atoms with Gasteiger partial charge < -0.3 is 10.6 Å². The van der Waals surface area contributed by atoms with Crippen LogP contribution in [0, 0.1) is 11.7 Å². The molecule has 2 atom stereocenters. The molecule has 0 aliphatic carbocycles. The summed E-state index contributed by atoms with van der Waals surface area (Å²) in [6.45, 7) is 3.39. The SMILES string of the molecule is CC1CNCCC1NC(=O)c1cc(F)cc(C(F)(F)F)c1.Cl. The minimum absolute atomic E-state index is 0. The van der Waals surface area contributed by atoms with Crippen LogP contribution in [0.25, 0.3) is 0 Å². The summed E-state index contributed by atoms with van der Waals surface area (Å²) in [6, 6.07) is 1.74. The molecule has 1 fully saturated rings. The summed E-state index contributed by atoms with van der Waals surface area (Å²) in [4.78, 5) is 12.0. The molecule has 0 spiro atoms. The maximum Gasteiger partial charge on any atom is 0.416 e. The highest BCUT2D eigenvalue weighted by Crippen LogP contribution is 2.30. The molecule has 0 bridgehead atoms. The standard InChI is InChI=1S/C14H16F4N2O.ClH/c1-8-7-19-3-2-12(8)20-13(21)9-4-10(14(16,17)18)6-11(15)5-9;/h4-6,8,12,19H,2-3,7H2,1H3,(H,20,21);1H. The maximum atomic E-state index is 13.3. The number of halogens is 5. The first-order valence-electron chi connectivity index (χ1n) is 6.67. The van der Waals surface area contributed by atoms with E-state index in [2.05, 4.69) is 10.6 Å². The highest BCUT2D eigenvalue weighted by Gasteiger charge is 2.32. The van der Waals surface area contributed by atoms with Gasteiger partial charge >= 0.3 is 6.18 Å². The average molecular weight is 341 g/mol. The Bertz CT molecular complexity index is 536. The highest BCUT2D eigenvalue weighted by molar-refractivity contribution is 5.94. The van der Waals surface area contributed by atoms with Crippen LogP contribution >= 0.6 is 12.4 Å². The number of piperidine rings is 1. The van der Waals surface area contributed by atoms with E-state index in [0.29, 0.717) is 18.6 Å². The number of benzene rings is 1. The lowest BCUT2D eigenvalue weighted by Gasteiger charge is -2.30. The van der Waals surface area contributed by atoms with Crippen molar-refractivity contribution in [2.24, 2.45) is 5.92 Å². The second-order valence-corrected chi connectivity index (χ2v) is 5.28. The first kappa shape index (κ1) is 18.7. The van der Waals surface area contributed by atoms with Crippen LogP contribution in [0.15, 0.2) is 18.2 Å². The number of carbonyl (C=O) groups is 1. The van der Waals surface area contributed by atoms with Gasteiger partial charge in [-0.05, 0) is 43.6 Å². The minimum atomic E-state index is -4.68. The van der Waals surface area contributed by atoms with Gasteiger partial charge in [-0.25, -0.2) is 4.39 Å². The average Bonchev–Trinajstić information content (AvgIpc) is 2.39. The van der Waals surface area contributed by atoms with Crippen molar-refractivity contribution in [1.82, 2.24) is 10.6 Å². The van der Waals surface area contributed by atoms with E-state index in [0.717, 1.165) is 19.2 Å². The van der Waals surface area contributed by atoms with E-state index in [-0.39, 0.29) is 29.9 Å². The van der Waals surface area contributed by atoms with E-state index >= 15 is 0 Å². The Balaban J connectivity index is 0.00000242. The van der Waals surface area contributed by atoms with Gasteiger partial charge in [0.05, 0.1) is 5.56 Å². The second-order valence-electron chi connectivity index (χ2n) is 5.28. The van der Waals surface area contributed by atoms with E-state index < -0.39 is 23.5 Å². The molecule has 22 heavy (non-hydrogen) atoms. The number of rotatable bonds is 2. The molecule has 1 aromatic rings. The molecule has 2 N–H and O–H groups in total. The molecule has 1 aliphatic heterocycles. The van der Waals surface area contributed by atoms with Gasteiger partial charge in [0.1, 0.15) is 5.82 Å². The van der Waals surface area contributed by atoms with Crippen molar-refractivity contribution in [2.45, 2.75) is 25.6 Å². The summed E-state index contributed by atoms with van der Waals surface area (Å²) in [5.74, 6) is -1.59. The number of carbonyl (C=O) groups excluding carboxylic acids is 1. The molecule has 2 unspecified atom stereocenters. The topological polar surface area (TPSA) is 41.1 Å². The Hall–Kier alpha value is -1.34. The van der Waals surface area contributed by atoms with Crippen LogP contribution in [0.3, 0.4) is 0 Å². The Morgan fingerprint density at radius 1 is 1.32 bits per heavy atom. The third-order valence-electron chi connectivity index (χ3n) is 3.59. The largest absolute Gasteiger partial charge is 0.416 e. The molecule has 2 rings (SSSR count). The van der Waals surface area contributed by atoms with Crippen molar-refractivity contribution in [3.8, 4) is 0 Å². The van der Waals surface area contributed by atoms with E-state index in [1.54, 1.807) is 0 Å². The van der Waals surface area contributed by atoms with Crippen LogP contribution in [0.2, 0.25) is 0 Å².